The summed E-state index contributed by atoms with van der Waals surface area (Å²) in [6.07, 6.45) is 0.533. The lowest BCUT2D eigenvalue weighted by atomic mass is 9.77. The van der Waals surface area contributed by atoms with Gasteiger partial charge in [-0.05, 0) is 49.9 Å². The Hall–Kier alpha value is -12.1. The third-order valence-corrected chi connectivity index (χ3v) is 18.6. The Morgan fingerprint density at radius 1 is 0.281 bits per heavy atom. The molecule has 24 heteroatoms. The Morgan fingerprint density at radius 3 is 0.625 bits per heavy atom. The Morgan fingerprint density at radius 2 is 0.458 bits per heavy atom. The molecule has 96 heavy (non-hydrogen) atoms. The van der Waals surface area contributed by atoms with E-state index in [2.05, 4.69) is 91.8 Å². The van der Waals surface area contributed by atoms with Gasteiger partial charge in [0.25, 0.3) is 0 Å². The van der Waals surface area contributed by atoms with Crippen LogP contribution in [0, 0.1) is 0 Å². The number of carboxylic acids is 4. The van der Waals surface area contributed by atoms with E-state index in [0.717, 1.165) is 44.5 Å². The van der Waals surface area contributed by atoms with E-state index in [4.69, 9.17) is 37.9 Å². The first-order valence-corrected chi connectivity index (χ1v) is 31.6. The average molecular weight is 1290 g/mol. The van der Waals surface area contributed by atoms with E-state index in [-0.39, 0.29) is 95.0 Å². The lowest BCUT2D eigenvalue weighted by Gasteiger charge is -2.29. The zero-order chi connectivity index (χ0) is 65.7. The van der Waals surface area contributed by atoms with E-state index >= 15 is 0 Å². The van der Waals surface area contributed by atoms with Gasteiger partial charge in [-0.3, -0.25) is 19.2 Å². The van der Waals surface area contributed by atoms with Crippen molar-refractivity contribution in [2.45, 2.75) is 103 Å². The van der Waals surface area contributed by atoms with Gasteiger partial charge in [-0.25, -0.2) is 19.9 Å². The highest BCUT2D eigenvalue weighted by atomic mass is 16.5. The van der Waals surface area contributed by atoms with Crippen molar-refractivity contribution in [3.05, 3.63) is 165 Å². The van der Waals surface area contributed by atoms with Crippen molar-refractivity contribution in [2.75, 3.05) is 0 Å². The summed E-state index contributed by atoms with van der Waals surface area (Å²) >= 11 is 0. The van der Waals surface area contributed by atoms with Crippen LogP contribution in [0.2, 0.25) is 0 Å². The molecule has 8 heterocycles. The highest BCUT2D eigenvalue weighted by Crippen LogP contribution is 2.59. The van der Waals surface area contributed by atoms with Crippen molar-refractivity contribution >= 4 is 68.0 Å². The first kappa shape index (κ1) is 57.8. The number of aromatic nitrogens is 8. The number of carboxylic acid groups (broad SMARTS) is 4. The normalized spacial score (nSPS) is 16.6. The molecule has 5 aliphatic rings. The third kappa shape index (κ3) is 9.64. The summed E-state index contributed by atoms with van der Waals surface area (Å²) in [4.78, 5) is 79.9. The molecule has 0 radical (unpaired) electrons. The maximum atomic E-state index is 12.1. The standard InChI is InChI=1S/C72H56N8O16/c1-5-29-33-9-35-30(6-2)37-11-39-32(8-4)40-12-38-31(7-3)36-10-34(29)50-22-52(36)92-60-16-44-46(78-67(76-44)27-71(85)86)18-62(60)94-54(38)24-56(40)96-64-20-48-47(79-68(80-48)28-72(87)88)19-63(64)95-55(39)23-53(37)93-61-17-45-43(75-66(77-45)26-70(83)84)15-59(61)91-51(35)21-49(33)89-57-13-41-42(14-58(57)90-50)74-65(73-41)25-69(81)82/h9-24,29-32H,5-8,25-28H2,1-4H3,(H,73,74)(H,75,77)(H,76,78)(H,79,80)(H,81,82)(H,83,84)(H,85,86)(H,87,88). The van der Waals surface area contributed by atoms with E-state index < -0.39 is 47.5 Å². The molecule has 0 saturated heterocycles. The molecule has 17 rings (SSSR count). The molecule has 8 bridgehead atoms. The summed E-state index contributed by atoms with van der Waals surface area (Å²) in [5, 5.41) is 39.6. The van der Waals surface area contributed by atoms with Gasteiger partial charge in [0.1, 0.15) is 95.0 Å². The van der Waals surface area contributed by atoms with Crippen LogP contribution in [0.5, 0.6) is 92.0 Å². The summed E-state index contributed by atoms with van der Waals surface area (Å²) in [6.45, 7) is 8.40. The summed E-state index contributed by atoms with van der Waals surface area (Å²) in [7, 11) is 0. The van der Waals surface area contributed by atoms with Gasteiger partial charge in [-0.1, -0.05) is 27.7 Å². The van der Waals surface area contributed by atoms with Gasteiger partial charge in [0.05, 0.1) is 44.1 Å². The Bertz CT molecular complexity index is 4480. The molecule has 8 N–H and O–H groups in total. The number of hydrogen-bond donors (Lipinski definition) is 8. The summed E-state index contributed by atoms with van der Waals surface area (Å²) in [6, 6.07) is 29.9. The maximum Gasteiger partial charge on any atom is 0.311 e. The van der Waals surface area contributed by atoms with Crippen LogP contribution in [-0.4, -0.2) is 84.2 Å². The minimum atomic E-state index is -1.08. The number of rotatable bonds is 12. The fraction of sp³-hybridized carbons (Fsp3) is 0.222. The van der Waals surface area contributed by atoms with Gasteiger partial charge in [-0.15, -0.1) is 0 Å². The molecule has 4 aromatic heterocycles. The fourth-order valence-electron chi connectivity index (χ4n) is 14.5. The minimum absolute atomic E-state index is 0.216. The average Bonchev–Trinajstić information content (AvgIpc) is 1.43. The zero-order valence-electron chi connectivity index (χ0n) is 51.7. The summed E-state index contributed by atoms with van der Waals surface area (Å²) in [5.74, 6) is -0.156. The number of ether oxygens (including phenoxy) is 8. The van der Waals surface area contributed by atoms with Crippen LogP contribution in [0.25, 0.3) is 44.1 Å². The molecule has 0 fully saturated rings. The quantitative estimate of drug-likeness (QED) is 0.0563. The first-order chi connectivity index (χ1) is 46.5. The number of benzene rings is 8. The number of H-pyrrole nitrogens is 4. The maximum absolute atomic E-state index is 12.1. The molecule has 1 aliphatic carbocycles. The topological polar surface area (TPSA) is 338 Å². The van der Waals surface area contributed by atoms with Gasteiger partial charge < -0.3 is 78.3 Å². The number of nitrogens with zero attached hydrogens (tertiary/aromatic N) is 4. The van der Waals surface area contributed by atoms with Crippen LogP contribution >= 0.6 is 0 Å². The van der Waals surface area contributed by atoms with E-state index in [1.165, 1.54) is 0 Å². The first-order valence-electron chi connectivity index (χ1n) is 31.6. The van der Waals surface area contributed by atoms with Gasteiger partial charge >= 0.3 is 23.9 Å². The van der Waals surface area contributed by atoms with Crippen molar-refractivity contribution in [1.29, 1.82) is 0 Å². The number of aliphatic carboxylic acids is 4. The monoisotopic (exact) mass is 1290 g/mol. The molecule has 4 unspecified atom stereocenters. The van der Waals surface area contributed by atoms with Crippen molar-refractivity contribution in [1.82, 2.24) is 39.9 Å². The smallest absolute Gasteiger partial charge is 0.311 e. The largest absolute Gasteiger partial charge is 0.481 e. The number of hydrogen-bond acceptors (Lipinski definition) is 16. The van der Waals surface area contributed by atoms with Crippen LogP contribution < -0.4 is 37.9 Å². The molecular formula is C72H56N8O16. The molecule has 12 aromatic rings. The predicted octanol–water partition coefficient (Wildman–Crippen LogP) is 15.8. The number of fused-ring (bicyclic) bond motifs is 8. The Balaban J connectivity index is 1.01. The highest BCUT2D eigenvalue weighted by molar-refractivity contribution is 5.86. The van der Waals surface area contributed by atoms with Gasteiger partial charge in [0, 0.05) is 141 Å². The lowest BCUT2D eigenvalue weighted by molar-refractivity contribution is -0.137. The van der Waals surface area contributed by atoms with Crippen molar-refractivity contribution in [3.8, 4) is 92.0 Å². The molecule has 4 atom stereocenters. The van der Waals surface area contributed by atoms with E-state index in [9.17, 15) is 39.6 Å². The Labute approximate surface area is 542 Å². The van der Waals surface area contributed by atoms with E-state index in [1.807, 2.05) is 24.3 Å². The Kier molecular flexibility index (Phi) is 13.1. The summed E-state index contributed by atoms with van der Waals surface area (Å²) in [5.41, 5.74) is 9.73. The molecule has 24 nitrogen and oxygen atoms in total. The second-order valence-corrected chi connectivity index (χ2v) is 24.7. The van der Waals surface area contributed by atoms with Crippen LogP contribution in [0.3, 0.4) is 0 Å². The number of nitrogens with one attached hydrogen (secondary N) is 4. The lowest BCUT2D eigenvalue weighted by Crippen LogP contribution is -2.12. The fourth-order valence-corrected chi connectivity index (χ4v) is 14.5. The molecular weight excluding hydrogens is 1230 g/mol. The van der Waals surface area contributed by atoms with Crippen molar-refractivity contribution < 1.29 is 77.5 Å². The molecule has 480 valence electrons. The van der Waals surface area contributed by atoms with Crippen LogP contribution in [0.4, 0.5) is 0 Å². The number of imidazole rings is 4. The number of aromatic amines is 4. The molecule has 0 spiro atoms. The van der Waals surface area contributed by atoms with Crippen LogP contribution in [-0.2, 0) is 44.9 Å². The van der Waals surface area contributed by atoms with Gasteiger partial charge in [0.15, 0.2) is 46.0 Å². The molecule has 0 saturated carbocycles. The van der Waals surface area contributed by atoms with Gasteiger partial charge in [0.2, 0.25) is 0 Å². The van der Waals surface area contributed by atoms with Crippen LogP contribution in [0.15, 0.2) is 97.1 Å². The molecule has 0 amide bonds. The van der Waals surface area contributed by atoms with Crippen LogP contribution in [0.1, 0.15) is 145 Å². The van der Waals surface area contributed by atoms with E-state index in [1.54, 1.807) is 48.5 Å². The number of carbonyl (C=O) groups is 4. The SMILES string of the molecule is CCC1c2cc3c4cc2Oc2cc5nc(CC(=O)O)[nH]c5cc2Oc2cc5c(cc21)C(CC)c1cc2c(cc1Oc1cc6[nH]c(CC(=O)O)nc6cc1O5)Oc1cc5[nH]c(CC(=O)O)nc5cc1Oc1cc(c(cc1C2CC)C3CC)Oc1cc2[nH]c(CC(=O)O)nc2cc1O4. The van der Waals surface area contributed by atoms with E-state index in [0.29, 0.717) is 116 Å². The highest BCUT2D eigenvalue weighted by Gasteiger charge is 2.39. The molecule has 4 aliphatic heterocycles. The van der Waals surface area contributed by atoms with Crippen molar-refractivity contribution in [3.63, 3.8) is 0 Å². The zero-order valence-corrected chi connectivity index (χ0v) is 51.7. The van der Waals surface area contributed by atoms with Gasteiger partial charge in [-0.2, -0.15) is 0 Å². The predicted molar refractivity (Wildman–Crippen MR) is 345 cm³/mol. The van der Waals surface area contributed by atoms with Crippen molar-refractivity contribution in [2.24, 2.45) is 0 Å². The minimum Gasteiger partial charge on any atom is -0.481 e. The summed E-state index contributed by atoms with van der Waals surface area (Å²) < 4.78 is 58.2. The second kappa shape index (κ2) is 21.8. The third-order valence-electron chi connectivity index (χ3n) is 18.6. The molecule has 8 aromatic carbocycles. The second-order valence-electron chi connectivity index (χ2n) is 24.7.